The van der Waals surface area contributed by atoms with E-state index in [-0.39, 0.29) is 12.1 Å². The van der Waals surface area contributed by atoms with Crippen LogP contribution in [0.5, 0.6) is 0 Å². The van der Waals surface area contributed by atoms with Gasteiger partial charge in [0.15, 0.2) is 5.11 Å². The van der Waals surface area contributed by atoms with Gasteiger partial charge in [-0.15, -0.1) is 0 Å². The molecule has 0 spiro atoms. The van der Waals surface area contributed by atoms with Crippen molar-refractivity contribution in [1.82, 2.24) is 10.3 Å². The van der Waals surface area contributed by atoms with Crippen LogP contribution in [0.2, 0.25) is 0 Å². The minimum atomic E-state index is -0.0743. The number of thiocarbonyl (C=S) groups is 1. The lowest BCUT2D eigenvalue weighted by molar-refractivity contribution is 0.432. The Bertz CT molecular complexity index is 790. The summed E-state index contributed by atoms with van der Waals surface area (Å²) in [7, 11) is 0. The highest BCUT2D eigenvalue weighted by Crippen LogP contribution is 2.41. The third kappa shape index (κ3) is 2.49. The number of rotatable bonds is 3. The highest BCUT2D eigenvalue weighted by Gasteiger charge is 2.42. The molecule has 1 N–H and O–H groups in total. The smallest absolute Gasteiger partial charge is 0.174 e. The summed E-state index contributed by atoms with van der Waals surface area (Å²) >= 11 is 5.60. The van der Waals surface area contributed by atoms with E-state index in [1.807, 2.05) is 60.7 Å². The summed E-state index contributed by atoms with van der Waals surface area (Å²) in [5, 5.41) is 4.07. The second-order valence-electron chi connectivity index (χ2n) is 5.35. The number of benzene rings is 1. The first kappa shape index (κ1) is 14.0. The van der Waals surface area contributed by atoms with Crippen LogP contribution in [-0.4, -0.2) is 10.1 Å². The number of pyridine rings is 1. The van der Waals surface area contributed by atoms with E-state index in [0.29, 0.717) is 5.11 Å². The van der Waals surface area contributed by atoms with E-state index < -0.39 is 0 Å². The summed E-state index contributed by atoms with van der Waals surface area (Å²) in [4.78, 5) is 6.58. The van der Waals surface area contributed by atoms with Crippen molar-refractivity contribution < 1.29 is 4.42 Å². The van der Waals surface area contributed by atoms with E-state index in [9.17, 15) is 0 Å². The van der Waals surface area contributed by atoms with Gasteiger partial charge in [0.1, 0.15) is 11.8 Å². The Hall–Kier alpha value is -2.66. The average molecular weight is 321 g/mol. The second kappa shape index (κ2) is 5.85. The minimum absolute atomic E-state index is 0.0601. The summed E-state index contributed by atoms with van der Waals surface area (Å²) < 4.78 is 5.70. The summed E-state index contributed by atoms with van der Waals surface area (Å²) in [6.45, 7) is 0. The topological polar surface area (TPSA) is 41.3 Å². The van der Waals surface area contributed by atoms with Gasteiger partial charge in [0.2, 0.25) is 0 Å². The Kier molecular flexibility index (Phi) is 3.55. The van der Waals surface area contributed by atoms with Gasteiger partial charge in [0.05, 0.1) is 18.0 Å². The van der Waals surface area contributed by atoms with Crippen molar-refractivity contribution in [2.75, 3.05) is 4.90 Å². The fourth-order valence-corrected chi connectivity index (χ4v) is 3.32. The molecule has 3 heterocycles. The van der Waals surface area contributed by atoms with Crippen LogP contribution in [0.4, 0.5) is 5.69 Å². The third-order valence-electron chi connectivity index (χ3n) is 3.97. The molecule has 3 aromatic rings. The van der Waals surface area contributed by atoms with Crippen molar-refractivity contribution in [3.8, 4) is 0 Å². The van der Waals surface area contributed by atoms with E-state index in [1.54, 1.807) is 12.5 Å². The summed E-state index contributed by atoms with van der Waals surface area (Å²) in [6, 6.07) is 19.7. The molecule has 5 heteroatoms. The van der Waals surface area contributed by atoms with Gasteiger partial charge in [-0.2, -0.15) is 0 Å². The molecule has 23 heavy (non-hydrogen) atoms. The fourth-order valence-electron chi connectivity index (χ4n) is 2.97. The molecule has 1 saturated heterocycles. The Balaban J connectivity index is 1.81. The van der Waals surface area contributed by atoms with Crippen LogP contribution >= 0.6 is 12.2 Å². The summed E-state index contributed by atoms with van der Waals surface area (Å²) in [5.41, 5.74) is 1.97. The van der Waals surface area contributed by atoms with E-state index in [2.05, 4.69) is 15.2 Å². The number of hydrogen-bond acceptors (Lipinski definition) is 3. The second-order valence-corrected chi connectivity index (χ2v) is 5.73. The number of nitrogens with zero attached hydrogens (tertiary/aromatic N) is 2. The number of aromatic nitrogens is 1. The van der Waals surface area contributed by atoms with E-state index in [4.69, 9.17) is 16.6 Å². The van der Waals surface area contributed by atoms with Crippen LogP contribution in [0.15, 0.2) is 77.5 Å². The quantitative estimate of drug-likeness (QED) is 0.742. The monoisotopic (exact) mass is 321 g/mol. The molecule has 2 atom stereocenters. The molecule has 1 aromatic carbocycles. The van der Waals surface area contributed by atoms with Gasteiger partial charge in [0.25, 0.3) is 0 Å². The molecular formula is C18H15N3OS. The number of nitrogens with one attached hydrogen (secondary N) is 1. The number of furan rings is 1. The average Bonchev–Trinajstić information content (AvgIpc) is 3.24. The standard InChI is InChI=1S/C18H15N3OS/c23-18-20-16(14-9-4-5-11-19-14)17(15-10-6-12-22-15)21(18)13-7-2-1-3-8-13/h1-12,16-17H,(H,20,23)/t16-,17+/m0/s1. The SMILES string of the molecule is S=C1N[C@@H](c2ccccn2)[C@@H](c2ccco2)N1c1ccccc1. The number of para-hydroxylation sites is 1. The van der Waals surface area contributed by atoms with Crippen molar-refractivity contribution in [2.45, 2.75) is 12.1 Å². The minimum Gasteiger partial charge on any atom is -0.467 e. The van der Waals surface area contributed by atoms with E-state index in [0.717, 1.165) is 17.1 Å². The molecule has 0 saturated carbocycles. The first-order valence-electron chi connectivity index (χ1n) is 7.44. The molecule has 0 aliphatic carbocycles. The lowest BCUT2D eigenvalue weighted by atomic mass is 10.0. The predicted molar refractivity (Wildman–Crippen MR) is 93.1 cm³/mol. The van der Waals surface area contributed by atoms with Crippen molar-refractivity contribution in [1.29, 1.82) is 0 Å². The zero-order valence-corrected chi connectivity index (χ0v) is 13.1. The lowest BCUT2D eigenvalue weighted by Gasteiger charge is -2.25. The highest BCUT2D eigenvalue weighted by molar-refractivity contribution is 7.80. The lowest BCUT2D eigenvalue weighted by Crippen LogP contribution is -2.29. The van der Waals surface area contributed by atoms with Gasteiger partial charge in [-0.25, -0.2) is 0 Å². The molecule has 4 rings (SSSR count). The van der Waals surface area contributed by atoms with Gasteiger partial charge < -0.3 is 14.6 Å². The molecule has 2 aromatic heterocycles. The van der Waals surface area contributed by atoms with Crippen molar-refractivity contribution in [2.24, 2.45) is 0 Å². The van der Waals surface area contributed by atoms with Crippen LogP contribution in [0.1, 0.15) is 23.5 Å². The molecule has 0 amide bonds. The molecular weight excluding hydrogens is 306 g/mol. The maximum atomic E-state index is 5.70. The molecule has 0 unspecified atom stereocenters. The third-order valence-corrected chi connectivity index (χ3v) is 4.28. The first-order valence-corrected chi connectivity index (χ1v) is 7.84. The van der Waals surface area contributed by atoms with Gasteiger partial charge in [-0.05, 0) is 48.6 Å². The Labute approximate surface area is 139 Å². The van der Waals surface area contributed by atoms with Crippen LogP contribution in [0.3, 0.4) is 0 Å². The maximum Gasteiger partial charge on any atom is 0.174 e. The largest absolute Gasteiger partial charge is 0.467 e. The molecule has 0 bridgehead atoms. The summed E-state index contributed by atoms with van der Waals surface area (Å²) in [6.07, 6.45) is 3.49. The van der Waals surface area contributed by atoms with Crippen molar-refractivity contribution in [3.63, 3.8) is 0 Å². The fraction of sp³-hybridized carbons (Fsp3) is 0.111. The molecule has 1 aliphatic heterocycles. The van der Waals surface area contributed by atoms with E-state index >= 15 is 0 Å². The first-order chi connectivity index (χ1) is 11.3. The Morgan fingerprint density at radius 1 is 1.00 bits per heavy atom. The Morgan fingerprint density at radius 2 is 1.83 bits per heavy atom. The molecule has 4 nitrogen and oxygen atoms in total. The highest BCUT2D eigenvalue weighted by atomic mass is 32.1. The number of hydrogen-bond donors (Lipinski definition) is 1. The van der Waals surface area contributed by atoms with Crippen LogP contribution in [0.25, 0.3) is 0 Å². The summed E-state index contributed by atoms with van der Waals surface area (Å²) in [5.74, 6) is 0.858. The molecule has 114 valence electrons. The van der Waals surface area contributed by atoms with E-state index in [1.165, 1.54) is 0 Å². The zero-order valence-electron chi connectivity index (χ0n) is 12.3. The van der Waals surface area contributed by atoms with Crippen LogP contribution < -0.4 is 10.2 Å². The van der Waals surface area contributed by atoms with Gasteiger partial charge in [-0.3, -0.25) is 4.98 Å². The van der Waals surface area contributed by atoms with Gasteiger partial charge >= 0.3 is 0 Å². The molecule has 0 radical (unpaired) electrons. The van der Waals surface area contributed by atoms with Crippen molar-refractivity contribution >= 4 is 23.0 Å². The van der Waals surface area contributed by atoms with Crippen LogP contribution in [-0.2, 0) is 0 Å². The number of anilines is 1. The maximum absolute atomic E-state index is 5.70. The molecule has 1 aliphatic rings. The van der Waals surface area contributed by atoms with Crippen LogP contribution in [0, 0.1) is 0 Å². The predicted octanol–water partition coefficient (Wildman–Crippen LogP) is 3.85. The zero-order chi connectivity index (χ0) is 15.6. The normalized spacial score (nSPS) is 20.5. The van der Waals surface area contributed by atoms with Gasteiger partial charge in [-0.1, -0.05) is 24.3 Å². The van der Waals surface area contributed by atoms with Crippen molar-refractivity contribution in [3.05, 3.63) is 84.6 Å². The molecule has 1 fully saturated rings. The van der Waals surface area contributed by atoms with Gasteiger partial charge in [0, 0.05) is 11.9 Å². The Morgan fingerprint density at radius 3 is 2.52 bits per heavy atom.